The van der Waals surface area contributed by atoms with Gasteiger partial charge in [0.25, 0.3) is 0 Å². The van der Waals surface area contributed by atoms with Crippen LogP contribution in [0.5, 0.6) is 0 Å². The highest BCUT2D eigenvalue weighted by Crippen LogP contribution is 2.25. The Morgan fingerprint density at radius 3 is 2.69 bits per heavy atom. The average molecular weight is 398 g/mol. The summed E-state index contributed by atoms with van der Waals surface area (Å²) in [6.07, 6.45) is 1.30. The highest BCUT2D eigenvalue weighted by atomic mass is 19.1. The molecule has 0 unspecified atom stereocenters. The number of aliphatic hydroxyl groups excluding tert-OH is 1. The van der Waals surface area contributed by atoms with Gasteiger partial charge in [0, 0.05) is 31.7 Å². The Morgan fingerprint density at radius 1 is 1.17 bits per heavy atom. The van der Waals surface area contributed by atoms with Crippen molar-refractivity contribution in [2.45, 2.75) is 19.8 Å². The number of hydrogen-bond donors (Lipinski definition) is 1. The first kappa shape index (κ1) is 21.0. The number of amides is 2. The van der Waals surface area contributed by atoms with Crippen LogP contribution < -0.4 is 0 Å². The van der Waals surface area contributed by atoms with Crippen molar-refractivity contribution in [3.05, 3.63) is 59.9 Å². The molecular weight excluding hydrogens is 371 g/mol. The zero-order valence-corrected chi connectivity index (χ0v) is 16.7. The Morgan fingerprint density at radius 2 is 1.97 bits per heavy atom. The topological polar surface area (TPSA) is 60.9 Å². The summed E-state index contributed by atoms with van der Waals surface area (Å²) in [7, 11) is 0. The second-order valence-electron chi connectivity index (χ2n) is 7.40. The molecule has 1 N–H and O–H groups in total. The minimum atomic E-state index is -0.558. The highest BCUT2D eigenvalue weighted by molar-refractivity contribution is 5.82. The van der Waals surface area contributed by atoms with Gasteiger partial charge in [0.05, 0.1) is 5.92 Å². The lowest BCUT2D eigenvalue weighted by molar-refractivity contribution is -0.135. The fourth-order valence-electron chi connectivity index (χ4n) is 3.86. The van der Waals surface area contributed by atoms with Gasteiger partial charge in [0.2, 0.25) is 11.8 Å². The van der Waals surface area contributed by atoms with Crippen LogP contribution in [0.15, 0.2) is 48.5 Å². The molecule has 2 aromatic rings. The van der Waals surface area contributed by atoms with E-state index in [-0.39, 0.29) is 24.2 Å². The minimum Gasteiger partial charge on any atom is -0.387 e. The van der Waals surface area contributed by atoms with Gasteiger partial charge < -0.3 is 14.9 Å². The zero-order valence-electron chi connectivity index (χ0n) is 16.7. The molecule has 0 bridgehead atoms. The first-order chi connectivity index (χ1) is 14.0. The van der Waals surface area contributed by atoms with Crippen LogP contribution in [0.4, 0.5) is 4.39 Å². The molecule has 1 heterocycles. The van der Waals surface area contributed by atoms with Crippen LogP contribution >= 0.6 is 0 Å². The van der Waals surface area contributed by atoms with Gasteiger partial charge in [-0.05, 0) is 30.0 Å². The highest BCUT2D eigenvalue weighted by Gasteiger charge is 2.31. The van der Waals surface area contributed by atoms with Gasteiger partial charge >= 0.3 is 0 Å². The molecule has 0 aromatic heterocycles. The van der Waals surface area contributed by atoms with Crippen LogP contribution in [0, 0.1) is 11.7 Å². The number of carbonyl (C=O) groups excluding carboxylic acids is 2. The van der Waals surface area contributed by atoms with Gasteiger partial charge in [-0.15, -0.1) is 0 Å². The van der Waals surface area contributed by atoms with Crippen molar-refractivity contribution in [2.24, 2.45) is 5.92 Å². The van der Waals surface area contributed by atoms with E-state index in [4.69, 9.17) is 0 Å². The molecule has 0 aliphatic carbocycles. The Kier molecular flexibility index (Phi) is 6.99. The van der Waals surface area contributed by atoms with Crippen molar-refractivity contribution >= 4 is 11.8 Å². The van der Waals surface area contributed by atoms with Crippen LogP contribution in [0.2, 0.25) is 0 Å². The first-order valence-corrected chi connectivity index (χ1v) is 10.0. The smallest absolute Gasteiger partial charge is 0.248 e. The third-order valence-electron chi connectivity index (χ3n) is 5.32. The molecule has 0 spiro atoms. The molecule has 3 rings (SSSR count). The summed E-state index contributed by atoms with van der Waals surface area (Å²) in [4.78, 5) is 28.5. The van der Waals surface area contributed by atoms with E-state index < -0.39 is 12.5 Å². The third kappa shape index (κ3) is 5.01. The van der Waals surface area contributed by atoms with Crippen LogP contribution in [0.1, 0.15) is 18.9 Å². The van der Waals surface area contributed by atoms with Crippen LogP contribution in [-0.4, -0.2) is 59.5 Å². The molecule has 1 aliphatic heterocycles. The van der Waals surface area contributed by atoms with Gasteiger partial charge in [-0.3, -0.25) is 9.59 Å². The Bertz CT molecular complexity index is 871. The van der Waals surface area contributed by atoms with Crippen LogP contribution in [-0.2, 0) is 16.0 Å². The molecular formula is C23H27FN2O3. The Labute approximate surface area is 170 Å². The van der Waals surface area contributed by atoms with Crippen molar-refractivity contribution in [2.75, 3.05) is 32.8 Å². The normalized spacial score (nSPS) is 17.3. The fraction of sp³-hybridized carbons (Fsp3) is 0.391. The Balaban J connectivity index is 1.85. The van der Waals surface area contributed by atoms with Gasteiger partial charge in [-0.25, -0.2) is 4.39 Å². The maximum absolute atomic E-state index is 14.2. The summed E-state index contributed by atoms with van der Waals surface area (Å²) >= 11 is 0. The van der Waals surface area contributed by atoms with Crippen molar-refractivity contribution in [1.29, 1.82) is 0 Å². The van der Waals surface area contributed by atoms with Gasteiger partial charge in [0.15, 0.2) is 0 Å². The lowest BCUT2D eigenvalue weighted by Crippen LogP contribution is -2.39. The summed E-state index contributed by atoms with van der Waals surface area (Å²) in [5, 5.41) is 9.25. The van der Waals surface area contributed by atoms with E-state index in [0.29, 0.717) is 31.6 Å². The summed E-state index contributed by atoms with van der Waals surface area (Å²) in [6, 6.07) is 14.1. The van der Waals surface area contributed by atoms with Crippen LogP contribution in [0.25, 0.3) is 11.1 Å². The van der Waals surface area contributed by atoms with E-state index in [1.54, 1.807) is 28.0 Å². The largest absolute Gasteiger partial charge is 0.387 e. The van der Waals surface area contributed by atoms with E-state index in [1.165, 1.54) is 6.07 Å². The summed E-state index contributed by atoms with van der Waals surface area (Å²) in [5.41, 5.74) is 2.19. The molecule has 2 aromatic carbocycles. The van der Waals surface area contributed by atoms with E-state index >= 15 is 0 Å². The molecule has 1 atom stereocenters. The second kappa shape index (κ2) is 9.65. The van der Waals surface area contributed by atoms with E-state index in [9.17, 15) is 19.1 Å². The predicted octanol–water partition coefficient (Wildman–Crippen LogP) is 2.72. The van der Waals surface area contributed by atoms with Crippen molar-refractivity contribution in [3.8, 4) is 11.1 Å². The summed E-state index contributed by atoms with van der Waals surface area (Å²) < 4.78 is 14.2. The fourth-order valence-corrected chi connectivity index (χ4v) is 3.86. The zero-order chi connectivity index (χ0) is 20.8. The molecule has 0 radical (unpaired) electrons. The minimum absolute atomic E-state index is 0.0244. The molecule has 2 amide bonds. The first-order valence-electron chi connectivity index (χ1n) is 10.0. The number of nitrogens with zero attached hydrogens (tertiary/aromatic N) is 2. The quantitative estimate of drug-likeness (QED) is 0.814. The lowest BCUT2D eigenvalue weighted by Gasteiger charge is -2.24. The molecule has 0 saturated carbocycles. The SMILES string of the molecule is CCCN1CCN(C(=O)CO)C[C@H](Cc2cccc(-c3ccccc3F)c2)C1=O. The number of halogens is 1. The number of hydrogen-bond acceptors (Lipinski definition) is 3. The number of benzene rings is 2. The molecule has 29 heavy (non-hydrogen) atoms. The maximum atomic E-state index is 14.2. The summed E-state index contributed by atoms with van der Waals surface area (Å²) in [5.74, 6) is -1.02. The monoisotopic (exact) mass is 398 g/mol. The average Bonchev–Trinajstić information content (AvgIpc) is 2.88. The van der Waals surface area contributed by atoms with Gasteiger partial charge in [0.1, 0.15) is 12.4 Å². The van der Waals surface area contributed by atoms with E-state index in [0.717, 1.165) is 17.5 Å². The molecule has 154 valence electrons. The molecule has 1 aliphatic rings. The second-order valence-corrected chi connectivity index (χ2v) is 7.40. The maximum Gasteiger partial charge on any atom is 0.248 e. The lowest BCUT2D eigenvalue weighted by atomic mass is 9.94. The van der Waals surface area contributed by atoms with Crippen molar-refractivity contribution in [1.82, 2.24) is 9.80 Å². The summed E-state index contributed by atoms with van der Waals surface area (Å²) in [6.45, 7) is 3.29. The molecule has 1 saturated heterocycles. The molecule has 5 nitrogen and oxygen atoms in total. The predicted molar refractivity (Wildman–Crippen MR) is 110 cm³/mol. The van der Waals surface area contributed by atoms with Crippen molar-refractivity contribution in [3.63, 3.8) is 0 Å². The Hall–Kier alpha value is -2.73. The van der Waals surface area contributed by atoms with Gasteiger partial charge in [-0.2, -0.15) is 0 Å². The molecule has 1 fully saturated rings. The number of aliphatic hydroxyl groups is 1. The number of carbonyl (C=O) groups is 2. The standard InChI is InChI=1S/C23H27FN2O3/c1-2-10-25-11-12-26(22(28)16-27)15-19(23(25)29)14-17-6-5-7-18(13-17)20-8-3-4-9-21(20)24/h3-9,13,19,27H,2,10-12,14-16H2,1H3/t19-/m0/s1. The van der Waals surface area contributed by atoms with E-state index in [2.05, 4.69) is 0 Å². The van der Waals surface area contributed by atoms with E-state index in [1.807, 2.05) is 31.2 Å². The van der Waals surface area contributed by atoms with Crippen LogP contribution in [0.3, 0.4) is 0 Å². The van der Waals surface area contributed by atoms with Crippen molar-refractivity contribution < 1.29 is 19.1 Å². The number of rotatable bonds is 6. The molecule has 6 heteroatoms. The van der Waals surface area contributed by atoms with Gasteiger partial charge in [-0.1, -0.05) is 49.4 Å². The third-order valence-corrected chi connectivity index (χ3v) is 5.32.